The van der Waals surface area contributed by atoms with Gasteiger partial charge < -0.3 is 28.0 Å². The molecule has 2 aromatic heterocycles. The molecule has 0 aliphatic rings. The molecule has 0 saturated heterocycles. The molecule has 1 radical (unpaired) electrons. The van der Waals surface area contributed by atoms with Crippen LogP contribution in [0.15, 0.2) is 45.6 Å². The number of halogens is 6. The molecule has 0 bridgehead atoms. The summed E-state index contributed by atoms with van der Waals surface area (Å²) in [5, 5.41) is 0. The molecule has 0 fully saturated rings. The summed E-state index contributed by atoms with van der Waals surface area (Å²) in [6.45, 7) is 0. The third-order valence-electron chi connectivity index (χ3n) is 2.61. The van der Waals surface area contributed by atoms with E-state index in [-0.39, 0.29) is 41.4 Å². The van der Waals surface area contributed by atoms with Gasteiger partial charge in [-0.05, 0) is 12.1 Å². The third-order valence-corrected chi connectivity index (χ3v) is 2.61. The summed E-state index contributed by atoms with van der Waals surface area (Å²) in [6.07, 6.45) is -7.89. The summed E-state index contributed by atoms with van der Waals surface area (Å²) in [4.78, 5) is 42.4. The van der Waals surface area contributed by atoms with E-state index in [9.17, 15) is 45.5 Å². The van der Waals surface area contributed by atoms with Gasteiger partial charge in [-0.1, -0.05) is 12.1 Å². The van der Waals surface area contributed by atoms with Crippen molar-refractivity contribution >= 4 is 23.1 Å². The van der Waals surface area contributed by atoms with Crippen LogP contribution in [-0.2, 0) is 26.7 Å². The molecule has 0 unspecified atom stereocenters. The van der Waals surface area contributed by atoms with E-state index in [0.29, 0.717) is 0 Å². The molecule has 0 aliphatic carbocycles. The first-order valence-corrected chi connectivity index (χ1v) is 6.90. The van der Waals surface area contributed by atoms with Crippen molar-refractivity contribution in [1.29, 1.82) is 0 Å². The first-order valence-electron chi connectivity index (χ1n) is 6.90. The molecule has 157 valence electrons. The molecule has 29 heavy (non-hydrogen) atoms. The van der Waals surface area contributed by atoms with Crippen molar-refractivity contribution in [1.82, 2.24) is 0 Å². The number of rotatable bonds is 6. The number of hydrogen-bond acceptors (Lipinski definition) is 6. The molecule has 0 amide bonds. The van der Waals surface area contributed by atoms with Gasteiger partial charge in [-0.3, -0.25) is 0 Å². The smallest absolute Gasteiger partial charge is 0.548 e. The van der Waals surface area contributed by atoms with Gasteiger partial charge in [-0.2, -0.15) is 26.3 Å². The van der Waals surface area contributed by atoms with Gasteiger partial charge >= 0.3 is 29.4 Å². The molecule has 2 aromatic rings. The number of furan rings is 2. The van der Waals surface area contributed by atoms with Crippen LogP contribution in [0.4, 0.5) is 26.3 Å². The number of carbonyl (C=O) groups excluding carboxylic acids is 4. The van der Waals surface area contributed by atoms with E-state index in [0.717, 1.165) is 12.5 Å². The van der Waals surface area contributed by atoms with Crippen molar-refractivity contribution < 1.29 is 71.4 Å². The van der Waals surface area contributed by atoms with Crippen molar-refractivity contribution in [3.8, 4) is 0 Å². The Balaban J connectivity index is 0.000000523. The minimum Gasteiger partial charge on any atom is -0.548 e. The molecule has 0 saturated carbocycles. The zero-order chi connectivity index (χ0) is 21.5. The van der Waals surface area contributed by atoms with Crippen LogP contribution in [0.2, 0.25) is 0 Å². The second-order valence-corrected chi connectivity index (χ2v) is 4.70. The SMILES string of the molecule is O=C([CH-]C(=O)C(F)(F)F)c1ccco1.O=C([CH-]C(=O)C(F)(F)F)c1ccco1.[Mn+2]. The van der Waals surface area contributed by atoms with Gasteiger partial charge in [-0.15, -0.1) is 12.8 Å². The van der Waals surface area contributed by atoms with Gasteiger partial charge in [0.05, 0.1) is 24.1 Å². The molecule has 0 aliphatic heterocycles. The molecule has 6 nitrogen and oxygen atoms in total. The zero-order valence-electron chi connectivity index (χ0n) is 13.7. The fourth-order valence-electron chi connectivity index (χ4n) is 1.38. The maximum absolute atomic E-state index is 11.7. The minimum atomic E-state index is -5.03. The van der Waals surface area contributed by atoms with Crippen LogP contribution in [0.1, 0.15) is 21.1 Å². The van der Waals surface area contributed by atoms with E-state index in [1.54, 1.807) is 0 Å². The Labute approximate surface area is 168 Å². The third kappa shape index (κ3) is 8.75. The Morgan fingerprint density at radius 3 is 1.21 bits per heavy atom. The van der Waals surface area contributed by atoms with E-state index in [4.69, 9.17) is 0 Å². The molecule has 13 heteroatoms. The second-order valence-electron chi connectivity index (χ2n) is 4.70. The quantitative estimate of drug-likeness (QED) is 0.213. The van der Waals surface area contributed by atoms with Crippen molar-refractivity contribution in [2.45, 2.75) is 12.4 Å². The van der Waals surface area contributed by atoms with Crippen molar-refractivity contribution in [3.63, 3.8) is 0 Å². The first-order chi connectivity index (χ1) is 12.8. The fourth-order valence-corrected chi connectivity index (χ4v) is 1.38. The van der Waals surface area contributed by atoms with Gasteiger partial charge in [0.25, 0.3) is 0 Å². The van der Waals surface area contributed by atoms with E-state index in [1.165, 1.54) is 24.3 Å². The minimum absolute atomic E-state index is 0. The number of ketones is 4. The van der Waals surface area contributed by atoms with E-state index < -0.39 is 35.5 Å². The molecular weight excluding hydrogens is 457 g/mol. The van der Waals surface area contributed by atoms with Gasteiger partial charge in [0.1, 0.15) is 0 Å². The molecule has 2 rings (SSSR count). The Bertz CT molecular complexity index is 751. The van der Waals surface area contributed by atoms with Crippen molar-refractivity contribution in [2.24, 2.45) is 0 Å². The van der Waals surface area contributed by atoms with Crippen molar-refractivity contribution in [3.05, 3.63) is 61.2 Å². The van der Waals surface area contributed by atoms with Crippen molar-refractivity contribution in [2.75, 3.05) is 0 Å². The maximum Gasteiger partial charge on any atom is 2.00 e. The van der Waals surface area contributed by atoms with Crippen LogP contribution in [0.5, 0.6) is 0 Å². The largest absolute Gasteiger partial charge is 2.00 e. The fraction of sp³-hybridized carbons (Fsp3) is 0.125. The predicted octanol–water partition coefficient (Wildman–Crippen LogP) is 3.59. The van der Waals surface area contributed by atoms with Crippen LogP contribution in [0, 0.1) is 12.8 Å². The maximum atomic E-state index is 11.7. The van der Waals surface area contributed by atoms with Gasteiger partial charge in [0.15, 0.2) is 11.6 Å². The molecule has 2 heterocycles. The Hall–Kier alpha value is -2.92. The summed E-state index contributed by atoms with van der Waals surface area (Å²) >= 11 is 0. The van der Waals surface area contributed by atoms with E-state index >= 15 is 0 Å². The normalized spacial score (nSPS) is 10.7. The summed E-state index contributed by atoms with van der Waals surface area (Å²) in [6, 6.07) is 5.00. The summed E-state index contributed by atoms with van der Waals surface area (Å²) in [5.41, 5.74) is 0. The zero-order valence-corrected chi connectivity index (χ0v) is 14.9. The molecule has 0 spiro atoms. The average molecular weight is 465 g/mol. The van der Waals surface area contributed by atoms with Crippen LogP contribution in [-0.4, -0.2) is 35.5 Å². The Morgan fingerprint density at radius 1 is 0.690 bits per heavy atom. The van der Waals surface area contributed by atoms with E-state index in [2.05, 4.69) is 8.83 Å². The summed E-state index contributed by atoms with van der Waals surface area (Å²) < 4.78 is 79.1. The summed E-state index contributed by atoms with van der Waals surface area (Å²) in [7, 11) is 0. The molecule has 0 aromatic carbocycles. The van der Waals surface area contributed by atoms with Crippen LogP contribution in [0.25, 0.3) is 0 Å². The van der Waals surface area contributed by atoms with Gasteiger partial charge in [0, 0.05) is 11.5 Å². The monoisotopic (exact) mass is 465 g/mol. The molecule has 0 atom stereocenters. The number of Topliss-reactive ketones (excluding diaryl/α,β-unsaturated/α-hetero) is 4. The number of carbonyl (C=O) groups is 4. The van der Waals surface area contributed by atoms with Gasteiger partial charge in [0.2, 0.25) is 0 Å². The van der Waals surface area contributed by atoms with Crippen LogP contribution >= 0.6 is 0 Å². The van der Waals surface area contributed by atoms with Gasteiger partial charge in [-0.25, -0.2) is 0 Å². The van der Waals surface area contributed by atoms with Crippen LogP contribution < -0.4 is 0 Å². The topological polar surface area (TPSA) is 94.6 Å². The second kappa shape index (κ2) is 10.6. The number of hydrogen-bond donors (Lipinski definition) is 0. The van der Waals surface area contributed by atoms with E-state index in [1.807, 2.05) is 0 Å². The molecular formula is C16H8F6MnO6. The Kier molecular flexibility index (Phi) is 9.51. The summed E-state index contributed by atoms with van der Waals surface area (Å²) in [5.74, 6) is -7.20. The molecule has 0 N–H and O–H groups in total. The predicted molar refractivity (Wildman–Crippen MR) is 76.8 cm³/mol. The standard InChI is InChI=1S/2C8H4F3O3.Mn/c2*9-8(10,11)7(13)4-5(12)6-2-1-3-14-6;/h2*1-4H;/q2*-1;+2. The first kappa shape index (κ1) is 26.1. The average Bonchev–Trinajstić information content (AvgIpc) is 3.27. The van der Waals surface area contributed by atoms with Crippen LogP contribution in [0.3, 0.4) is 0 Å². The Morgan fingerprint density at radius 2 is 1.00 bits per heavy atom. The number of alkyl halides is 6.